The van der Waals surface area contributed by atoms with Gasteiger partial charge in [-0.2, -0.15) is 0 Å². The average Bonchev–Trinajstić information content (AvgIpc) is 2.60. The predicted molar refractivity (Wildman–Crippen MR) is 58.7 cm³/mol. The number of thiazole rings is 1. The van der Waals surface area contributed by atoms with E-state index in [-0.39, 0.29) is 5.15 Å². The van der Waals surface area contributed by atoms with E-state index >= 15 is 0 Å². The Kier molecular flexibility index (Phi) is 3.30. The van der Waals surface area contributed by atoms with Crippen molar-refractivity contribution in [3.05, 3.63) is 28.6 Å². The lowest BCUT2D eigenvalue weighted by molar-refractivity contribution is 0.112. The van der Waals surface area contributed by atoms with Gasteiger partial charge in [0.2, 0.25) is 0 Å². The Morgan fingerprint density at radius 1 is 1.47 bits per heavy atom. The molecule has 76 valence electrons. The van der Waals surface area contributed by atoms with E-state index in [2.05, 4.69) is 15.0 Å². The molecule has 4 nitrogen and oxygen atoms in total. The molecule has 0 aliphatic rings. The van der Waals surface area contributed by atoms with Crippen LogP contribution in [0.1, 0.15) is 9.67 Å². The summed E-state index contributed by atoms with van der Waals surface area (Å²) in [6.07, 6.45) is 5.51. The first-order valence-electron chi connectivity index (χ1n) is 3.85. The van der Waals surface area contributed by atoms with Gasteiger partial charge in [-0.05, 0) is 11.8 Å². The minimum atomic E-state index is 0.237. The molecule has 0 amide bonds. The van der Waals surface area contributed by atoms with Gasteiger partial charge in [0, 0.05) is 12.4 Å². The number of aromatic nitrogens is 3. The van der Waals surface area contributed by atoms with Crippen LogP contribution in [0.25, 0.3) is 0 Å². The Labute approximate surface area is 98.7 Å². The van der Waals surface area contributed by atoms with Crippen LogP contribution in [0.5, 0.6) is 0 Å². The average molecular weight is 258 g/mol. The van der Waals surface area contributed by atoms with Gasteiger partial charge in [0.05, 0.1) is 6.20 Å². The third kappa shape index (κ3) is 2.53. The molecule has 0 N–H and O–H groups in total. The second kappa shape index (κ2) is 4.69. The molecule has 0 aliphatic carbocycles. The highest BCUT2D eigenvalue weighted by atomic mass is 35.5. The maximum absolute atomic E-state index is 10.5. The van der Waals surface area contributed by atoms with E-state index in [0.29, 0.717) is 15.5 Å². The Morgan fingerprint density at radius 3 is 2.93 bits per heavy atom. The minimum Gasteiger partial charge on any atom is -0.297 e. The van der Waals surface area contributed by atoms with Crippen molar-refractivity contribution in [2.45, 2.75) is 9.37 Å². The maximum Gasteiger partial charge on any atom is 0.163 e. The fraction of sp³-hybridized carbons (Fsp3) is 0. The summed E-state index contributed by atoms with van der Waals surface area (Å²) in [6.45, 7) is 0. The molecule has 0 atom stereocenters. The van der Waals surface area contributed by atoms with Gasteiger partial charge >= 0.3 is 0 Å². The molecular weight excluding hydrogens is 254 g/mol. The van der Waals surface area contributed by atoms with Crippen molar-refractivity contribution in [1.29, 1.82) is 0 Å². The van der Waals surface area contributed by atoms with E-state index in [4.69, 9.17) is 11.6 Å². The first-order chi connectivity index (χ1) is 7.29. The first kappa shape index (κ1) is 10.5. The molecule has 15 heavy (non-hydrogen) atoms. The fourth-order valence-corrected chi connectivity index (χ4v) is 2.92. The summed E-state index contributed by atoms with van der Waals surface area (Å²) in [6, 6.07) is 0. The van der Waals surface area contributed by atoms with E-state index in [9.17, 15) is 4.79 Å². The number of halogens is 1. The molecule has 2 aromatic rings. The fourth-order valence-electron chi connectivity index (χ4n) is 0.838. The highest BCUT2D eigenvalue weighted by Gasteiger charge is 2.09. The smallest absolute Gasteiger partial charge is 0.163 e. The number of carbonyl (C=O) groups is 1. The highest BCUT2D eigenvalue weighted by Crippen LogP contribution is 2.32. The van der Waals surface area contributed by atoms with Gasteiger partial charge in [-0.1, -0.05) is 11.6 Å². The molecule has 0 spiro atoms. The van der Waals surface area contributed by atoms with Crippen molar-refractivity contribution in [1.82, 2.24) is 15.0 Å². The standard InChI is InChI=1S/C8H4ClN3OS2/c9-7-5(4-13)14-8(12-7)15-6-3-10-1-2-11-6/h1-4H. The number of carbonyl (C=O) groups excluding carboxylic acids is 1. The van der Waals surface area contributed by atoms with Crippen LogP contribution in [0, 0.1) is 0 Å². The maximum atomic E-state index is 10.5. The van der Waals surface area contributed by atoms with Crippen LogP contribution in [0.3, 0.4) is 0 Å². The largest absolute Gasteiger partial charge is 0.297 e. The van der Waals surface area contributed by atoms with Gasteiger partial charge < -0.3 is 0 Å². The molecule has 7 heteroatoms. The zero-order valence-electron chi connectivity index (χ0n) is 7.25. The summed E-state index contributed by atoms with van der Waals surface area (Å²) < 4.78 is 0.683. The van der Waals surface area contributed by atoms with E-state index < -0.39 is 0 Å². The quantitative estimate of drug-likeness (QED) is 0.791. The van der Waals surface area contributed by atoms with E-state index in [1.807, 2.05) is 0 Å². The van der Waals surface area contributed by atoms with Crippen molar-refractivity contribution in [3.63, 3.8) is 0 Å². The van der Waals surface area contributed by atoms with Crippen LogP contribution in [0.4, 0.5) is 0 Å². The lowest BCUT2D eigenvalue weighted by Gasteiger charge is -1.92. The lowest BCUT2D eigenvalue weighted by Crippen LogP contribution is -1.79. The summed E-state index contributed by atoms with van der Waals surface area (Å²) >= 11 is 8.30. The molecule has 2 heterocycles. The number of hydrogen-bond acceptors (Lipinski definition) is 6. The molecule has 0 unspecified atom stereocenters. The van der Waals surface area contributed by atoms with Crippen molar-refractivity contribution >= 4 is 41.0 Å². The Morgan fingerprint density at radius 2 is 2.33 bits per heavy atom. The second-order valence-electron chi connectivity index (χ2n) is 2.40. The molecule has 0 bridgehead atoms. The topological polar surface area (TPSA) is 55.7 Å². The van der Waals surface area contributed by atoms with E-state index in [1.54, 1.807) is 18.6 Å². The Hall–Kier alpha value is -0.980. The third-order valence-electron chi connectivity index (χ3n) is 1.43. The zero-order chi connectivity index (χ0) is 10.7. The SMILES string of the molecule is O=Cc1sc(Sc2cnccn2)nc1Cl. The molecule has 2 aromatic heterocycles. The number of rotatable bonds is 3. The van der Waals surface area contributed by atoms with Crippen LogP contribution < -0.4 is 0 Å². The van der Waals surface area contributed by atoms with Crippen LogP contribution >= 0.6 is 34.7 Å². The van der Waals surface area contributed by atoms with Crippen molar-refractivity contribution in [3.8, 4) is 0 Å². The highest BCUT2D eigenvalue weighted by molar-refractivity contribution is 8.01. The summed E-state index contributed by atoms with van der Waals surface area (Å²) in [4.78, 5) is 23.0. The van der Waals surface area contributed by atoms with E-state index in [0.717, 1.165) is 5.03 Å². The normalized spacial score (nSPS) is 10.2. The predicted octanol–water partition coefficient (Wildman–Crippen LogP) is 2.55. The lowest BCUT2D eigenvalue weighted by atomic mass is 10.6. The van der Waals surface area contributed by atoms with Gasteiger partial charge in [0.1, 0.15) is 9.90 Å². The van der Waals surface area contributed by atoms with Gasteiger partial charge in [0.15, 0.2) is 15.8 Å². The summed E-state index contributed by atoms with van der Waals surface area (Å²) in [5, 5.41) is 0.960. The van der Waals surface area contributed by atoms with Gasteiger partial charge in [-0.15, -0.1) is 11.3 Å². The third-order valence-corrected chi connectivity index (χ3v) is 3.79. The number of aldehydes is 1. The molecule has 0 saturated carbocycles. The number of hydrogen-bond donors (Lipinski definition) is 0. The molecule has 0 fully saturated rings. The number of nitrogens with zero attached hydrogens (tertiary/aromatic N) is 3. The van der Waals surface area contributed by atoms with Crippen LogP contribution in [-0.4, -0.2) is 21.2 Å². The summed E-state index contributed by atoms with van der Waals surface area (Å²) in [7, 11) is 0. The van der Waals surface area contributed by atoms with Crippen molar-refractivity contribution < 1.29 is 4.79 Å². The van der Waals surface area contributed by atoms with Crippen molar-refractivity contribution in [2.75, 3.05) is 0 Å². The van der Waals surface area contributed by atoms with Gasteiger partial charge in [0.25, 0.3) is 0 Å². The summed E-state index contributed by atoms with van der Waals surface area (Å²) in [5.41, 5.74) is 0. The van der Waals surface area contributed by atoms with E-state index in [1.165, 1.54) is 23.1 Å². The molecule has 0 aromatic carbocycles. The molecule has 0 radical (unpaired) electrons. The molecule has 0 aliphatic heterocycles. The Bertz CT molecular complexity index is 474. The summed E-state index contributed by atoms with van der Waals surface area (Å²) in [5.74, 6) is 0. The molecule has 0 saturated heterocycles. The zero-order valence-corrected chi connectivity index (χ0v) is 9.64. The molecular formula is C8H4ClN3OS2. The first-order valence-corrected chi connectivity index (χ1v) is 5.86. The van der Waals surface area contributed by atoms with Crippen molar-refractivity contribution in [2.24, 2.45) is 0 Å². The monoisotopic (exact) mass is 257 g/mol. The van der Waals surface area contributed by atoms with Crippen LogP contribution in [-0.2, 0) is 0 Å². The van der Waals surface area contributed by atoms with Gasteiger partial charge in [-0.3, -0.25) is 9.78 Å². The Balaban J connectivity index is 2.21. The van der Waals surface area contributed by atoms with Gasteiger partial charge in [-0.25, -0.2) is 9.97 Å². The van der Waals surface area contributed by atoms with Crippen LogP contribution in [0.2, 0.25) is 5.15 Å². The molecule has 2 rings (SSSR count). The van der Waals surface area contributed by atoms with Crippen LogP contribution in [0.15, 0.2) is 28.0 Å². The second-order valence-corrected chi connectivity index (χ2v) is 5.05. The minimum absolute atomic E-state index is 0.237.